The minimum Gasteiger partial charge on any atom is -0.595 e. The van der Waals surface area contributed by atoms with Gasteiger partial charge in [0.15, 0.2) is 5.69 Å². The Morgan fingerprint density at radius 1 is 1.36 bits per heavy atom. The highest BCUT2D eigenvalue weighted by molar-refractivity contribution is 5.98. The van der Waals surface area contributed by atoms with Gasteiger partial charge in [-0.1, -0.05) is 32.9 Å². The van der Waals surface area contributed by atoms with Crippen LogP contribution in [0.5, 0.6) is 0 Å². The molecule has 3 N–H and O–H groups in total. The highest BCUT2D eigenvalue weighted by Crippen LogP contribution is 2.29. The summed E-state index contributed by atoms with van der Waals surface area (Å²) in [7, 11) is 3.82. The van der Waals surface area contributed by atoms with E-state index in [4.69, 9.17) is 0 Å². The monoisotopic (exact) mass is 331 g/mol. The third-order valence-electron chi connectivity index (χ3n) is 3.18. The number of benzene rings is 1. The van der Waals surface area contributed by atoms with E-state index in [1.165, 1.54) is 0 Å². The lowest BCUT2D eigenvalue weighted by atomic mass is 9.84. The van der Waals surface area contributed by atoms with E-state index in [0.717, 1.165) is 0 Å². The first-order chi connectivity index (χ1) is 9.64. The Kier molecular flexibility index (Phi) is 8.00. The van der Waals surface area contributed by atoms with Crippen LogP contribution in [-0.4, -0.2) is 43.2 Å². The quantitative estimate of drug-likeness (QED) is 0.706. The van der Waals surface area contributed by atoms with Crippen LogP contribution in [-0.2, 0) is 5.41 Å². The first-order valence-electron chi connectivity index (χ1n) is 6.94. The van der Waals surface area contributed by atoms with Crippen LogP contribution >= 0.6 is 12.4 Å². The Morgan fingerprint density at radius 2 is 1.95 bits per heavy atom. The fraction of sp³-hybridized carbons (Fsp3) is 0.533. The molecule has 1 aromatic rings. The van der Waals surface area contributed by atoms with Crippen LogP contribution in [0, 0.1) is 5.21 Å². The lowest BCUT2D eigenvalue weighted by molar-refractivity contribution is -0.991. The van der Waals surface area contributed by atoms with Crippen LogP contribution in [0.4, 0.5) is 5.69 Å². The molecule has 0 aromatic heterocycles. The third-order valence-corrected chi connectivity index (χ3v) is 3.18. The number of amides is 1. The Hall–Kier alpha value is -1.18. The zero-order valence-corrected chi connectivity index (χ0v) is 14.6. The van der Waals surface area contributed by atoms with Crippen molar-refractivity contribution in [1.29, 1.82) is 0 Å². The average molecular weight is 332 g/mol. The Labute approximate surface area is 138 Å². The first kappa shape index (κ1) is 20.8. The van der Waals surface area contributed by atoms with Gasteiger partial charge < -0.3 is 15.4 Å². The maximum atomic E-state index is 12.2. The van der Waals surface area contributed by atoms with E-state index in [1.54, 1.807) is 18.2 Å². The van der Waals surface area contributed by atoms with Crippen LogP contribution in [0.2, 0.25) is 0 Å². The molecule has 0 spiro atoms. The van der Waals surface area contributed by atoms with Gasteiger partial charge in [0.05, 0.1) is 0 Å². The number of rotatable bonds is 5. The molecule has 1 aromatic carbocycles. The molecule has 1 rings (SSSR count). The number of quaternary nitrogens is 1. The highest BCUT2D eigenvalue weighted by atomic mass is 35.5. The minimum absolute atomic E-state index is 0. The molecule has 1 unspecified atom stereocenters. The van der Waals surface area contributed by atoms with E-state index >= 15 is 0 Å². The summed E-state index contributed by atoms with van der Waals surface area (Å²) in [4.78, 5) is 14.2. The second kappa shape index (κ2) is 8.45. The fourth-order valence-corrected chi connectivity index (χ4v) is 2.09. The van der Waals surface area contributed by atoms with Crippen molar-refractivity contribution in [3.05, 3.63) is 34.5 Å². The highest BCUT2D eigenvalue weighted by Gasteiger charge is 2.27. The largest absolute Gasteiger partial charge is 0.595 e. The molecule has 6 nitrogen and oxygen atoms in total. The summed E-state index contributed by atoms with van der Waals surface area (Å²) >= 11 is 0. The van der Waals surface area contributed by atoms with Crippen molar-refractivity contribution >= 4 is 24.0 Å². The number of likely N-dealkylation sites (N-methyl/N-ethyl adjacent to an activating group) is 1. The molecule has 0 aliphatic carbocycles. The van der Waals surface area contributed by atoms with Crippen molar-refractivity contribution < 1.29 is 15.2 Å². The van der Waals surface area contributed by atoms with Gasteiger partial charge >= 0.3 is 0 Å². The second-order valence-electron chi connectivity index (χ2n) is 6.34. The summed E-state index contributed by atoms with van der Waals surface area (Å²) in [5, 5.41) is 22.8. The molecule has 0 fully saturated rings. The van der Waals surface area contributed by atoms with E-state index < -0.39 is 5.23 Å². The van der Waals surface area contributed by atoms with Gasteiger partial charge in [0.25, 0.3) is 5.91 Å². The van der Waals surface area contributed by atoms with Crippen LogP contribution in [0.25, 0.3) is 0 Å². The SMILES string of the molecule is CN(C)CCNC(=O)c1cccc(C(C)(C)C)c1[NH+]([O-])O.Cl. The zero-order valence-electron chi connectivity index (χ0n) is 13.8. The maximum absolute atomic E-state index is 12.2. The smallest absolute Gasteiger partial charge is 0.257 e. The van der Waals surface area contributed by atoms with Gasteiger partial charge in [0, 0.05) is 18.7 Å². The van der Waals surface area contributed by atoms with Crippen molar-refractivity contribution in [3.63, 3.8) is 0 Å². The minimum atomic E-state index is -1.07. The number of hydrogen-bond donors (Lipinski definition) is 3. The molecule has 1 atom stereocenters. The molecule has 0 heterocycles. The van der Waals surface area contributed by atoms with Crippen LogP contribution in [0.1, 0.15) is 36.7 Å². The molecular weight excluding hydrogens is 306 g/mol. The predicted molar refractivity (Wildman–Crippen MR) is 89.1 cm³/mol. The molecule has 0 saturated carbocycles. The summed E-state index contributed by atoms with van der Waals surface area (Å²) in [6.45, 7) is 6.98. The summed E-state index contributed by atoms with van der Waals surface area (Å²) in [6, 6.07) is 5.05. The molecule has 0 bridgehead atoms. The van der Waals surface area contributed by atoms with Gasteiger partial charge in [-0.15, -0.1) is 12.4 Å². The van der Waals surface area contributed by atoms with Crippen molar-refractivity contribution in [1.82, 2.24) is 10.2 Å². The average Bonchev–Trinajstić information content (AvgIpc) is 2.36. The number of hydrogen-bond acceptors (Lipinski definition) is 4. The lowest BCUT2D eigenvalue weighted by Crippen LogP contribution is -2.99. The lowest BCUT2D eigenvalue weighted by Gasteiger charge is -2.26. The number of halogens is 1. The number of carbonyl (C=O) groups excluding carboxylic acids is 1. The van der Waals surface area contributed by atoms with E-state index in [9.17, 15) is 15.2 Å². The maximum Gasteiger partial charge on any atom is 0.257 e. The second-order valence-corrected chi connectivity index (χ2v) is 6.34. The standard InChI is InChI=1S/C15H25N3O3.ClH/c1-15(2,3)12-8-6-7-11(13(12)18(20)21)14(19)16-9-10-17(4)5;/h6-8,18,20H,9-10H2,1-5H3,(H,16,19);1H. The van der Waals surface area contributed by atoms with Crippen molar-refractivity contribution in [2.75, 3.05) is 27.2 Å². The van der Waals surface area contributed by atoms with Crippen molar-refractivity contribution in [3.8, 4) is 0 Å². The molecule has 1 amide bonds. The summed E-state index contributed by atoms with van der Waals surface area (Å²) in [6.07, 6.45) is 0. The number of carbonyl (C=O) groups is 1. The normalized spacial score (nSPS) is 12.7. The number of nitrogens with one attached hydrogen (secondary N) is 2. The van der Waals surface area contributed by atoms with E-state index in [0.29, 0.717) is 18.7 Å². The van der Waals surface area contributed by atoms with Gasteiger partial charge in [-0.25, -0.2) is 5.21 Å². The van der Waals surface area contributed by atoms with Gasteiger partial charge in [-0.3, -0.25) is 4.79 Å². The van der Waals surface area contributed by atoms with Crippen LogP contribution in [0.15, 0.2) is 18.2 Å². The van der Waals surface area contributed by atoms with E-state index in [1.807, 2.05) is 39.8 Å². The fourth-order valence-electron chi connectivity index (χ4n) is 2.09. The van der Waals surface area contributed by atoms with Crippen molar-refractivity contribution in [2.24, 2.45) is 0 Å². The molecule has 0 aliphatic heterocycles. The van der Waals surface area contributed by atoms with Gasteiger partial charge in [-0.2, -0.15) is 5.23 Å². The Balaban J connectivity index is 0.00000441. The number of para-hydroxylation sites is 1. The molecule has 0 aliphatic rings. The van der Waals surface area contributed by atoms with Gasteiger partial charge in [-0.05, 0) is 25.6 Å². The summed E-state index contributed by atoms with van der Waals surface area (Å²) in [5.74, 6) is -0.347. The topological polar surface area (TPSA) is 80.1 Å². The summed E-state index contributed by atoms with van der Waals surface area (Å²) in [5.41, 5.74) is 0.629. The molecule has 7 heteroatoms. The van der Waals surface area contributed by atoms with E-state index in [2.05, 4.69) is 5.32 Å². The number of nitrogens with zero attached hydrogens (tertiary/aromatic N) is 1. The predicted octanol–water partition coefficient (Wildman–Crippen LogP) is 1.10. The third kappa shape index (κ3) is 5.55. The van der Waals surface area contributed by atoms with E-state index in [-0.39, 0.29) is 35.0 Å². The Bertz CT molecular complexity index is 499. The molecular formula is C15H26ClN3O3. The van der Waals surface area contributed by atoms with Crippen LogP contribution < -0.4 is 10.5 Å². The summed E-state index contributed by atoms with van der Waals surface area (Å²) < 4.78 is 0. The first-order valence-corrected chi connectivity index (χ1v) is 6.94. The van der Waals surface area contributed by atoms with Crippen molar-refractivity contribution in [2.45, 2.75) is 26.2 Å². The van der Waals surface area contributed by atoms with Gasteiger partial charge in [0.2, 0.25) is 0 Å². The molecule has 126 valence electrons. The molecule has 0 saturated heterocycles. The van der Waals surface area contributed by atoms with Gasteiger partial charge in [0.1, 0.15) is 5.56 Å². The van der Waals surface area contributed by atoms with Crippen LogP contribution in [0.3, 0.4) is 0 Å². The zero-order chi connectivity index (χ0) is 16.2. The molecule has 22 heavy (non-hydrogen) atoms. The Morgan fingerprint density at radius 3 is 2.41 bits per heavy atom. The molecule has 0 radical (unpaired) electrons.